The number of nitrogens with one attached hydrogen (secondary N) is 1. The zero-order valence-electron chi connectivity index (χ0n) is 10.4. The van der Waals surface area contributed by atoms with Crippen LogP contribution >= 0.6 is 0 Å². The molecule has 1 aromatic heterocycles. The average Bonchev–Trinajstić information content (AvgIpc) is 2.47. The first-order valence-corrected chi connectivity index (χ1v) is 6.65. The first-order chi connectivity index (χ1) is 8.86. The summed E-state index contributed by atoms with van der Waals surface area (Å²) < 4.78 is 0. The van der Waals surface area contributed by atoms with Crippen molar-refractivity contribution in [3.05, 3.63) is 35.7 Å². The minimum Gasteiger partial charge on any atom is -0.313 e. The Morgan fingerprint density at radius 1 is 1.39 bits per heavy atom. The molecule has 3 nitrogen and oxygen atoms in total. The summed E-state index contributed by atoms with van der Waals surface area (Å²) in [5, 5.41) is 12.5. The molecule has 18 heavy (non-hydrogen) atoms. The van der Waals surface area contributed by atoms with E-state index in [-0.39, 0.29) is 0 Å². The van der Waals surface area contributed by atoms with Gasteiger partial charge < -0.3 is 5.32 Å². The minimum absolute atomic E-state index is 0.615. The van der Waals surface area contributed by atoms with Gasteiger partial charge in [0.2, 0.25) is 0 Å². The molecule has 1 aromatic rings. The van der Waals surface area contributed by atoms with Crippen molar-refractivity contribution in [1.29, 1.82) is 5.26 Å². The second kappa shape index (κ2) is 4.91. The molecule has 0 spiro atoms. The summed E-state index contributed by atoms with van der Waals surface area (Å²) in [6.45, 7) is 1.14. The fraction of sp³-hybridized carbons (Fsp3) is 0.467. The van der Waals surface area contributed by atoms with Crippen LogP contribution in [0.2, 0.25) is 0 Å². The van der Waals surface area contributed by atoms with Crippen molar-refractivity contribution in [3.8, 4) is 6.07 Å². The SMILES string of the molecule is N#Cc1cncc(C2=CC[C@H]3CCCN[C@H]3C2)c1. The van der Waals surface area contributed by atoms with Gasteiger partial charge in [0.05, 0.1) is 5.56 Å². The third kappa shape index (κ3) is 2.16. The summed E-state index contributed by atoms with van der Waals surface area (Å²) >= 11 is 0. The Bertz CT molecular complexity index is 513. The van der Waals surface area contributed by atoms with E-state index in [9.17, 15) is 0 Å². The molecule has 1 fully saturated rings. The molecule has 1 saturated heterocycles. The number of aromatic nitrogens is 1. The molecule has 3 heteroatoms. The number of hydrogen-bond donors (Lipinski definition) is 1. The molecule has 3 rings (SSSR count). The van der Waals surface area contributed by atoms with Gasteiger partial charge in [0.25, 0.3) is 0 Å². The van der Waals surface area contributed by atoms with Crippen molar-refractivity contribution in [2.24, 2.45) is 5.92 Å². The lowest BCUT2D eigenvalue weighted by molar-refractivity contribution is 0.278. The Morgan fingerprint density at radius 3 is 3.22 bits per heavy atom. The Balaban J connectivity index is 1.84. The van der Waals surface area contributed by atoms with E-state index in [1.54, 1.807) is 6.20 Å². The average molecular weight is 239 g/mol. The van der Waals surface area contributed by atoms with E-state index in [1.165, 1.54) is 18.4 Å². The lowest BCUT2D eigenvalue weighted by atomic mass is 9.78. The van der Waals surface area contributed by atoms with Crippen LogP contribution in [0.25, 0.3) is 5.57 Å². The number of allylic oxidation sites excluding steroid dienone is 1. The molecule has 0 unspecified atom stereocenters. The normalized spacial score (nSPS) is 26.9. The topological polar surface area (TPSA) is 48.7 Å². The highest BCUT2D eigenvalue weighted by Gasteiger charge is 2.28. The lowest BCUT2D eigenvalue weighted by Crippen LogP contribution is -2.42. The fourth-order valence-corrected chi connectivity index (χ4v) is 3.07. The number of fused-ring (bicyclic) bond motifs is 1. The van der Waals surface area contributed by atoms with Gasteiger partial charge in [0.15, 0.2) is 0 Å². The highest BCUT2D eigenvalue weighted by molar-refractivity contribution is 5.67. The van der Waals surface area contributed by atoms with E-state index in [0.29, 0.717) is 11.6 Å². The molecule has 2 atom stereocenters. The molecule has 2 heterocycles. The first kappa shape index (κ1) is 11.4. The molecule has 0 bridgehead atoms. The van der Waals surface area contributed by atoms with Gasteiger partial charge in [-0.15, -0.1) is 0 Å². The number of pyridine rings is 1. The maximum atomic E-state index is 8.93. The molecule has 0 amide bonds. The van der Waals surface area contributed by atoms with Crippen LogP contribution in [0.5, 0.6) is 0 Å². The molecule has 2 aliphatic rings. The molecule has 92 valence electrons. The van der Waals surface area contributed by atoms with Gasteiger partial charge in [-0.1, -0.05) is 6.08 Å². The second-order valence-corrected chi connectivity index (χ2v) is 5.21. The van der Waals surface area contributed by atoms with Crippen LogP contribution in [0.15, 0.2) is 24.5 Å². The standard InChI is InChI=1S/C15H17N3/c16-8-11-6-14(10-17-9-11)13-4-3-12-2-1-5-18-15(12)7-13/h4,6,9-10,12,15,18H,1-3,5,7H2/t12-,15+/m1/s1. The Morgan fingerprint density at radius 2 is 2.33 bits per heavy atom. The van der Waals surface area contributed by atoms with Crippen molar-refractivity contribution in [2.75, 3.05) is 6.54 Å². The smallest absolute Gasteiger partial charge is 0.101 e. The summed E-state index contributed by atoms with van der Waals surface area (Å²) in [5.74, 6) is 0.801. The molecule has 1 aliphatic heterocycles. The number of nitrogens with zero attached hydrogens (tertiary/aromatic N) is 2. The van der Waals surface area contributed by atoms with Gasteiger partial charge in [-0.3, -0.25) is 4.98 Å². The maximum absolute atomic E-state index is 8.93. The van der Waals surface area contributed by atoms with Crippen LogP contribution in [0, 0.1) is 17.2 Å². The number of hydrogen-bond acceptors (Lipinski definition) is 3. The van der Waals surface area contributed by atoms with Crippen LogP contribution in [0.4, 0.5) is 0 Å². The molecular weight excluding hydrogens is 222 g/mol. The number of nitriles is 1. The van der Waals surface area contributed by atoms with Gasteiger partial charge >= 0.3 is 0 Å². The zero-order valence-corrected chi connectivity index (χ0v) is 10.4. The second-order valence-electron chi connectivity index (χ2n) is 5.21. The molecule has 1 N–H and O–H groups in total. The number of piperidine rings is 1. The largest absolute Gasteiger partial charge is 0.313 e. The van der Waals surface area contributed by atoms with Crippen molar-refractivity contribution in [3.63, 3.8) is 0 Å². The van der Waals surface area contributed by atoms with E-state index in [4.69, 9.17) is 5.26 Å². The summed E-state index contributed by atoms with van der Waals surface area (Å²) in [4.78, 5) is 4.15. The van der Waals surface area contributed by atoms with Crippen LogP contribution in [0.1, 0.15) is 36.8 Å². The highest BCUT2D eigenvalue weighted by atomic mass is 14.9. The summed E-state index contributed by atoms with van der Waals surface area (Å²) in [6.07, 6.45) is 10.7. The highest BCUT2D eigenvalue weighted by Crippen LogP contribution is 2.34. The van der Waals surface area contributed by atoms with Crippen molar-refractivity contribution >= 4 is 5.57 Å². The predicted molar refractivity (Wildman–Crippen MR) is 70.7 cm³/mol. The molecule has 0 radical (unpaired) electrons. The van der Waals surface area contributed by atoms with Crippen LogP contribution in [-0.2, 0) is 0 Å². The van der Waals surface area contributed by atoms with Crippen LogP contribution in [0.3, 0.4) is 0 Å². The molecular formula is C15H17N3. The van der Waals surface area contributed by atoms with E-state index < -0.39 is 0 Å². The Kier molecular flexibility index (Phi) is 3.12. The summed E-state index contributed by atoms with van der Waals surface area (Å²) in [7, 11) is 0. The molecule has 1 aliphatic carbocycles. The fourth-order valence-electron chi connectivity index (χ4n) is 3.07. The first-order valence-electron chi connectivity index (χ1n) is 6.65. The molecule has 0 aromatic carbocycles. The van der Waals surface area contributed by atoms with E-state index in [0.717, 1.165) is 30.9 Å². The van der Waals surface area contributed by atoms with E-state index >= 15 is 0 Å². The van der Waals surface area contributed by atoms with Crippen molar-refractivity contribution in [1.82, 2.24) is 10.3 Å². The van der Waals surface area contributed by atoms with Crippen LogP contribution in [-0.4, -0.2) is 17.6 Å². The monoisotopic (exact) mass is 239 g/mol. The third-order valence-corrected chi connectivity index (χ3v) is 4.07. The molecule has 0 saturated carbocycles. The van der Waals surface area contributed by atoms with Gasteiger partial charge in [-0.2, -0.15) is 5.26 Å². The Hall–Kier alpha value is -1.66. The Labute approximate surface area is 108 Å². The van der Waals surface area contributed by atoms with Gasteiger partial charge in [-0.25, -0.2) is 0 Å². The lowest BCUT2D eigenvalue weighted by Gasteiger charge is -2.36. The van der Waals surface area contributed by atoms with Crippen molar-refractivity contribution in [2.45, 2.75) is 31.7 Å². The van der Waals surface area contributed by atoms with Gasteiger partial charge in [0, 0.05) is 18.4 Å². The summed E-state index contributed by atoms with van der Waals surface area (Å²) in [6, 6.07) is 4.72. The number of rotatable bonds is 1. The van der Waals surface area contributed by atoms with Crippen LogP contribution < -0.4 is 5.32 Å². The zero-order chi connectivity index (χ0) is 12.4. The van der Waals surface area contributed by atoms with Gasteiger partial charge in [0.1, 0.15) is 6.07 Å². The quantitative estimate of drug-likeness (QED) is 0.819. The predicted octanol–water partition coefficient (Wildman–Crippen LogP) is 2.50. The third-order valence-electron chi connectivity index (χ3n) is 4.07. The van der Waals surface area contributed by atoms with Crippen molar-refractivity contribution < 1.29 is 0 Å². The maximum Gasteiger partial charge on any atom is 0.101 e. The minimum atomic E-state index is 0.615. The van der Waals surface area contributed by atoms with E-state index in [2.05, 4.69) is 22.4 Å². The van der Waals surface area contributed by atoms with E-state index in [1.807, 2.05) is 12.3 Å². The van der Waals surface area contributed by atoms with Gasteiger partial charge in [-0.05, 0) is 55.3 Å². The summed E-state index contributed by atoms with van der Waals surface area (Å²) in [5.41, 5.74) is 3.10.